The molecule has 2 fully saturated rings. The number of rotatable bonds is 13. The summed E-state index contributed by atoms with van der Waals surface area (Å²) in [6.07, 6.45) is 8.97. The lowest BCUT2D eigenvalue weighted by molar-refractivity contribution is -0.137. The molecule has 28 heavy (non-hydrogen) atoms. The van der Waals surface area contributed by atoms with Crippen LogP contribution in [0.1, 0.15) is 113 Å². The number of carbonyl (C=O) groups is 1. The first-order valence-electron chi connectivity index (χ1n) is 11.3. The molecule has 2 saturated carbocycles. The van der Waals surface area contributed by atoms with Gasteiger partial charge in [-0.1, -0.05) is 32.3 Å². The number of ether oxygens (including phenoxy) is 1. The van der Waals surface area contributed by atoms with Crippen LogP contribution in [0.2, 0.25) is 0 Å². The van der Waals surface area contributed by atoms with Crippen molar-refractivity contribution in [1.29, 1.82) is 0 Å². The number of carboxylic acids is 1. The van der Waals surface area contributed by atoms with E-state index in [1.807, 2.05) is 0 Å². The normalized spacial score (nSPS) is 23.0. The Bertz CT molecular complexity index is 629. The van der Waals surface area contributed by atoms with Crippen molar-refractivity contribution in [1.82, 2.24) is 5.16 Å². The number of hydrogen-bond acceptors (Lipinski definition) is 4. The molecule has 1 atom stereocenters. The summed E-state index contributed by atoms with van der Waals surface area (Å²) in [7, 11) is 0. The Morgan fingerprint density at radius 3 is 2.61 bits per heavy atom. The van der Waals surface area contributed by atoms with E-state index in [9.17, 15) is 9.90 Å². The van der Waals surface area contributed by atoms with Crippen LogP contribution in [0.15, 0.2) is 4.52 Å². The molecule has 3 rings (SSSR count). The van der Waals surface area contributed by atoms with E-state index in [4.69, 9.17) is 9.26 Å². The zero-order valence-corrected chi connectivity index (χ0v) is 17.8. The Morgan fingerprint density at radius 2 is 2.00 bits per heavy atom. The predicted octanol–water partition coefficient (Wildman–Crippen LogP) is 5.86. The molecule has 0 aromatic carbocycles. The molecule has 0 radical (unpaired) electrons. The number of unbranched alkanes of at least 4 members (excludes halogenated alkanes) is 1. The summed E-state index contributed by atoms with van der Waals surface area (Å²) in [5.74, 6) is 2.73. The molecule has 0 amide bonds. The summed E-state index contributed by atoms with van der Waals surface area (Å²) in [4.78, 5) is 11.5. The number of hydrogen-bond donors (Lipinski definition) is 1. The van der Waals surface area contributed by atoms with Crippen molar-refractivity contribution in [3.05, 3.63) is 17.0 Å². The number of aromatic nitrogens is 1. The molecule has 1 heterocycles. The third-order valence-electron chi connectivity index (χ3n) is 6.24. The molecule has 1 aromatic heterocycles. The predicted molar refractivity (Wildman–Crippen MR) is 109 cm³/mol. The Balaban J connectivity index is 1.68. The average Bonchev–Trinajstić information content (AvgIpc) is 3.35. The smallest absolute Gasteiger partial charge is 0.304 e. The van der Waals surface area contributed by atoms with Crippen LogP contribution in [-0.4, -0.2) is 29.4 Å². The van der Waals surface area contributed by atoms with Gasteiger partial charge in [-0.25, -0.2) is 0 Å². The van der Waals surface area contributed by atoms with Crippen LogP contribution in [0, 0.1) is 11.8 Å². The molecule has 158 valence electrons. The standard InChI is InChI=1S/C23H37NO4/c1-4-5-9-27-10-8-18(14-20(25)26)22-21(17-6-7-17)23(28-24-22)19-12-16(13-19)11-15(2)3/h15-19H,4-14H2,1-3H3,(H,25,26)/t16?,18-,19?/m1/s1. The summed E-state index contributed by atoms with van der Waals surface area (Å²) in [6, 6.07) is 0. The van der Waals surface area contributed by atoms with Gasteiger partial charge in [0.05, 0.1) is 12.1 Å². The Hall–Kier alpha value is -1.36. The molecule has 2 aliphatic rings. The molecule has 0 aliphatic heterocycles. The van der Waals surface area contributed by atoms with Gasteiger partial charge in [-0.3, -0.25) is 4.79 Å². The molecular formula is C23H37NO4. The van der Waals surface area contributed by atoms with Crippen molar-refractivity contribution in [2.45, 2.75) is 96.3 Å². The SMILES string of the molecule is CCCCOCC[C@H](CC(=O)O)c1noc(C2CC(CC(C)C)C2)c1C1CC1. The van der Waals surface area contributed by atoms with Gasteiger partial charge in [0.1, 0.15) is 5.76 Å². The minimum atomic E-state index is -0.773. The fourth-order valence-electron chi connectivity index (χ4n) is 4.62. The summed E-state index contributed by atoms with van der Waals surface area (Å²) < 4.78 is 11.6. The molecule has 1 N–H and O–H groups in total. The van der Waals surface area contributed by atoms with Gasteiger partial charge >= 0.3 is 5.97 Å². The Morgan fingerprint density at radius 1 is 1.25 bits per heavy atom. The largest absolute Gasteiger partial charge is 0.481 e. The van der Waals surface area contributed by atoms with E-state index < -0.39 is 5.97 Å². The van der Waals surface area contributed by atoms with Crippen LogP contribution in [0.4, 0.5) is 0 Å². The average molecular weight is 392 g/mol. The van der Waals surface area contributed by atoms with Gasteiger partial charge in [0.15, 0.2) is 0 Å². The topological polar surface area (TPSA) is 72.6 Å². The highest BCUT2D eigenvalue weighted by molar-refractivity contribution is 5.68. The van der Waals surface area contributed by atoms with Gasteiger partial charge in [-0.05, 0) is 62.7 Å². The molecule has 0 bridgehead atoms. The first-order chi connectivity index (χ1) is 13.5. The van der Waals surface area contributed by atoms with Crippen molar-refractivity contribution < 1.29 is 19.2 Å². The second kappa shape index (κ2) is 9.91. The zero-order chi connectivity index (χ0) is 20.1. The molecule has 1 aromatic rings. The lowest BCUT2D eigenvalue weighted by Crippen LogP contribution is -2.23. The third-order valence-corrected chi connectivity index (χ3v) is 6.24. The van der Waals surface area contributed by atoms with Gasteiger partial charge in [0, 0.05) is 30.6 Å². The second-order valence-corrected chi connectivity index (χ2v) is 9.33. The lowest BCUT2D eigenvalue weighted by atomic mass is 9.69. The van der Waals surface area contributed by atoms with Crippen LogP contribution in [0.3, 0.4) is 0 Å². The van der Waals surface area contributed by atoms with Crippen molar-refractivity contribution in [3.63, 3.8) is 0 Å². The van der Waals surface area contributed by atoms with Crippen LogP contribution < -0.4 is 0 Å². The van der Waals surface area contributed by atoms with Gasteiger partial charge in [-0.2, -0.15) is 0 Å². The monoisotopic (exact) mass is 391 g/mol. The molecule has 0 spiro atoms. The Kier molecular flexibility index (Phi) is 7.55. The number of carboxylic acid groups (broad SMARTS) is 1. The van der Waals surface area contributed by atoms with Crippen molar-refractivity contribution in [2.75, 3.05) is 13.2 Å². The fourth-order valence-corrected chi connectivity index (χ4v) is 4.62. The molecular weight excluding hydrogens is 354 g/mol. The van der Waals surface area contributed by atoms with Crippen LogP contribution in [-0.2, 0) is 9.53 Å². The van der Waals surface area contributed by atoms with E-state index in [2.05, 4.69) is 25.9 Å². The van der Waals surface area contributed by atoms with E-state index in [1.54, 1.807) is 0 Å². The van der Waals surface area contributed by atoms with E-state index in [0.717, 1.165) is 42.7 Å². The summed E-state index contributed by atoms with van der Waals surface area (Å²) in [5.41, 5.74) is 2.17. The van der Waals surface area contributed by atoms with E-state index in [1.165, 1.54) is 37.7 Å². The number of aliphatic carboxylic acids is 1. The van der Waals surface area contributed by atoms with Crippen molar-refractivity contribution in [3.8, 4) is 0 Å². The molecule has 0 saturated heterocycles. The first kappa shape index (κ1) is 21.4. The van der Waals surface area contributed by atoms with Crippen molar-refractivity contribution in [2.24, 2.45) is 11.8 Å². The second-order valence-electron chi connectivity index (χ2n) is 9.33. The number of nitrogens with zero attached hydrogens (tertiary/aromatic N) is 1. The minimum absolute atomic E-state index is 0.101. The highest BCUT2D eigenvalue weighted by atomic mass is 16.5. The first-order valence-corrected chi connectivity index (χ1v) is 11.3. The minimum Gasteiger partial charge on any atom is -0.481 e. The van der Waals surface area contributed by atoms with Gasteiger partial charge in [0.25, 0.3) is 0 Å². The maximum absolute atomic E-state index is 11.5. The highest BCUT2D eigenvalue weighted by Crippen LogP contribution is 2.52. The highest BCUT2D eigenvalue weighted by Gasteiger charge is 2.41. The summed E-state index contributed by atoms with van der Waals surface area (Å²) in [5, 5.41) is 13.9. The van der Waals surface area contributed by atoms with Gasteiger partial charge in [0.2, 0.25) is 0 Å². The van der Waals surface area contributed by atoms with Gasteiger partial charge in [-0.15, -0.1) is 0 Å². The molecule has 5 heteroatoms. The van der Waals surface area contributed by atoms with E-state index >= 15 is 0 Å². The molecule has 2 aliphatic carbocycles. The molecule has 0 unspecified atom stereocenters. The zero-order valence-electron chi connectivity index (χ0n) is 17.8. The maximum Gasteiger partial charge on any atom is 0.304 e. The quantitative estimate of drug-likeness (QED) is 0.427. The van der Waals surface area contributed by atoms with Crippen molar-refractivity contribution >= 4 is 5.97 Å². The summed E-state index contributed by atoms with van der Waals surface area (Å²) in [6.45, 7) is 8.05. The van der Waals surface area contributed by atoms with Crippen LogP contribution >= 0.6 is 0 Å². The fraction of sp³-hybridized carbons (Fsp3) is 0.826. The lowest BCUT2D eigenvalue weighted by Gasteiger charge is -2.35. The van der Waals surface area contributed by atoms with Crippen LogP contribution in [0.5, 0.6) is 0 Å². The van der Waals surface area contributed by atoms with E-state index in [0.29, 0.717) is 24.9 Å². The molecule has 5 nitrogen and oxygen atoms in total. The third kappa shape index (κ3) is 5.59. The maximum atomic E-state index is 11.5. The van der Waals surface area contributed by atoms with Gasteiger partial charge < -0.3 is 14.4 Å². The summed E-state index contributed by atoms with van der Waals surface area (Å²) >= 11 is 0. The van der Waals surface area contributed by atoms with Crippen LogP contribution in [0.25, 0.3) is 0 Å². The van der Waals surface area contributed by atoms with E-state index in [-0.39, 0.29) is 12.3 Å². The Labute approximate surface area is 169 Å².